The number of rotatable bonds is 2. The predicted octanol–water partition coefficient (Wildman–Crippen LogP) is 1.44. The van der Waals surface area contributed by atoms with Crippen molar-refractivity contribution in [3.05, 3.63) is 35.4 Å². The third-order valence-corrected chi connectivity index (χ3v) is 2.34. The molecule has 0 saturated heterocycles. The van der Waals surface area contributed by atoms with E-state index in [4.69, 9.17) is 4.55 Å². The summed E-state index contributed by atoms with van der Waals surface area (Å²) < 4.78 is 66.4. The van der Waals surface area contributed by atoms with E-state index < -0.39 is 33.2 Å². The Morgan fingerprint density at radius 1 is 1.19 bits per heavy atom. The van der Waals surface area contributed by atoms with E-state index in [1.54, 1.807) is 0 Å². The Morgan fingerprint density at radius 3 is 2.12 bits per heavy atom. The molecular weight excluding hydrogens is 256 g/mol. The Kier molecular flexibility index (Phi) is 5.48. The first-order valence-electron chi connectivity index (χ1n) is 3.80. The molecule has 1 N–H and O–H groups in total. The molecule has 0 atom stereocenters. The summed E-state index contributed by atoms with van der Waals surface area (Å²) in [4.78, 5) is 0. The van der Waals surface area contributed by atoms with Crippen LogP contribution >= 0.6 is 0 Å². The van der Waals surface area contributed by atoms with Crippen molar-refractivity contribution in [1.29, 1.82) is 0 Å². The molecule has 0 aromatic heterocycles. The zero-order valence-corrected chi connectivity index (χ0v) is 8.14. The zero-order chi connectivity index (χ0) is 11.7. The minimum absolute atomic E-state index is 0. The number of benzene rings is 1. The van der Waals surface area contributed by atoms with Crippen LogP contribution in [-0.2, 0) is 22.0 Å². The van der Waals surface area contributed by atoms with Gasteiger partial charge in [0.2, 0.25) is 0 Å². The molecule has 16 heavy (non-hydrogen) atoms. The van der Waals surface area contributed by atoms with Gasteiger partial charge in [-0.05, 0) is 11.6 Å². The van der Waals surface area contributed by atoms with Crippen molar-refractivity contribution in [2.75, 3.05) is 0 Å². The van der Waals surface area contributed by atoms with Gasteiger partial charge in [-0.25, -0.2) is 0 Å². The van der Waals surface area contributed by atoms with Crippen LogP contribution in [0.15, 0.2) is 24.3 Å². The predicted molar refractivity (Wildman–Crippen MR) is 53.8 cm³/mol. The monoisotopic (exact) mass is 264 g/mol. The van der Waals surface area contributed by atoms with Gasteiger partial charge in [0.15, 0.2) is 0 Å². The molecule has 0 aliphatic carbocycles. The van der Waals surface area contributed by atoms with Gasteiger partial charge in [0, 0.05) is 0 Å². The first-order valence-corrected chi connectivity index (χ1v) is 5.41. The molecule has 0 bridgehead atoms. The molecule has 0 amide bonds. The summed E-state index contributed by atoms with van der Waals surface area (Å²) >= 11 is 0. The van der Waals surface area contributed by atoms with Gasteiger partial charge in [-0.1, -0.05) is 18.2 Å². The normalized spacial score (nSPS) is 12.0. The number of hydrogen-bond acceptors (Lipinski definition) is 2. The molecule has 3 nitrogen and oxygen atoms in total. The van der Waals surface area contributed by atoms with Crippen molar-refractivity contribution in [1.82, 2.24) is 0 Å². The molecule has 1 aromatic rings. The van der Waals surface area contributed by atoms with Gasteiger partial charge in [0.25, 0.3) is 10.1 Å². The first-order chi connectivity index (χ1) is 6.70. The topological polar surface area (TPSA) is 54.4 Å². The Labute approximate surface area is 113 Å². The van der Waals surface area contributed by atoms with Crippen molar-refractivity contribution in [2.24, 2.45) is 0 Å². The van der Waals surface area contributed by atoms with E-state index in [0.717, 1.165) is 18.2 Å². The van der Waals surface area contributed by atoms with Crippen molar-refractivity contribution in [2.45, 2.75) is 11.9 Å². The summed E-state index contributed by atoms with van der Waals surface area (Å²) in [6, 6.07) is 4.20. The van der Waals surface area contributed by atoms with Gasteiger partial charge in [-0.15, -0.1) is 0 Å². The van der Waals surface area contributed by atoms with Crippen LogP contribution in [0.2, 0.25) is 0 Å². The molecule has 0 heterocycles. The standard InChI is InChI=1S/C8H7F3O3S.Na.H/c9-8(10,11)7-4-2-1-3-6(7)5-15(12,13)14;;/h1-4H,5H2,(H,12,13,14);;. The quantitative estimate of drug-likeness (QED) is 0.649. The third kappa shape index (κ3) is 4.84. The van der Waals surface area contributed by atoms with Crippen LogP contribution in [-0.4, -0.2) is 42.5 Å². The van der Waals surface area contributed by atoms with Crippen LogP contribution < -0.4 is 0 Å². The van der Waals surface area contributed by atoms with Gasteiger partial charge < -0.3 is 0 Å². The number of halogens is 3. The molecule has 0 radical (unpaired) electrons. The Morgan fingerprint density at radius 2 is 1.69 bits per heavy atom. The van der Waals surface area contributed by atoms with Gasteiger partial charge >= 0.3 is 35.7 Å². The Balaban J connectivity index is 0.00000225. The molecule has 0 saturated carbocycles. The molecule has 0 aliphatic heterocycles. The van der Waals surface area contributed by atoms with Crippen molar-refractivity contribution in [3.63, 3.8) is 0 Å². The Bertz CT molecular complexity index is 456. The summed E-state index contributed by atoms with van der Waals surface area (Å²) in [5.41, 5.74) is -1.52. The van der Waals surface area contributed by atoms with Crippen LogP contribution in [0.3, 0.4) is 0 Å². The molecule has 1 aromatic carbocycles. The molecule has 0 fully saturated rings. The van der Waals surface area contributed by atoms with E-state index in [-0.39, 0.29) is 29.6 Å². The van der Waals surface area contributed by atoms with E-state index in [0.29, 0.717) is 0 Å². The SMILES string of the molecule is O=S(=O)(O)Cc1ccccc1C(F)(F)F.[NaH]. The average Bonchev–Trinajstić information content (AvgIpc) is 1.99. The molecular formula is C8H8F3NaO3S. The minimum atomic E-state index is -4.62. The first kappa shape index (κ1) is 15.9. The van der Waals surface area contributed by atoms with Crippen molar-refractivity contribution >= 4 is 39.7 Å². The van der Waals surface area contributed by atoms with Gasteiger partial charge in [-0.2, -0.15) is 21.6 Å². The van der Waals surface area contributed by atoms with Crippen LogP contribution in [0.5, 0.6) is 0 Å². The van der Waals surface area contributed by atoms with Crippen LogP contribution in [0, 0.1) is 0 Å². The fraction of sp³-hybridized carbons (Fsp3) is 0.250. The summed E-state index contributed by atoms with van der Waals surface area (Å²) in [5, 5.41) is 0. The number of alkyl halides is 3. The maximum atomic E-state index is 12.3. The fourth-order valence-electron chi connectivity index (χ4n) is 1.12. The van der Waals surface area contributed by atoms with E-state index >= 15 is 0 Å². The zero-order valence-electron chi connectivity index (χ0n) is 7.32. The van der Waals surface area contributed by atoms with Gasteiger partial charge in [0.05, 0.1) is 5.56 Å². The van der Waals surface area contributed by atoms with E-state index in [1.165, 1.54) is 6.07 Å². The van der Waals surface area contributed by atoms with Gasteiger partial charge in [0.1, 0.15) is 5.75 Å². The van der Waals surface area contributed by atoms with Crippen LogP contribution in [0.4, 0.5) is 13.2 Å². The molecule has 1 rings (SSSR count). The second kappa shape index (κ2) is 5.50. The van der Waals surface area contributed by atoms with Crippen molar-refractivity contribution in [3.8, 4) is 0 Å². The van der Waals surface area contributed by atoms with E-state index in [1.807, 2.05) is 0 Å². The summed E-state index contributed by atoms with van der Waals surface area (Å²) in [7, 11) is -4.46. The molecule has 0 spiro atoms. The second-order valence-corrected chi connectivity index (χ2v) is 4.33. The molecule has 86 valence electrons. The van der Waals surface area contributed by atoms with Gasteiger partial charge in [-0.3, -0.25) is 4.55 Å². The van der Waals surface area contributed by atoms with Crippen LogP contribution in [0.1, 0.15) is 11.1 Å². The Hall–Kier alpha value is -0.0800. The fourth-order valence-corrected chi connectivity index (χ4v) is 1.76. The van der Waals surface area contributed by atoms with E-state index in [9.17, 15) is 21.6 Å². The third-order valence-electron chi connectivity index (χ3n) is 1.66. The number of hydrogen-bond donors (Lipinski definition) is 1. The van der Waals surface area contributed by atoms with Crippen LogP contribution in [0.25, 0.3) is 0 Å². The molecule has 8 heteroatoms. The van der Waals surface area contributed by atoms with E-state index in [2.05, 4.69) is 0 Å². The molecule has 0 unspecified atom stereocenters. The summed E-state index contributed by atoms with van der Waals surface area (Å²) in [6.45, 7) is 0. The van der Waals surface area contributed by atoms with Crippen molar-refractivity contribution < 1.29 is 26.1 Å². The summed E-state index contributed by atoms with van der Waals surface area (Å²) in [5.74, 6) is -1.04. The second-order valence-electron chi connectivity index (χ2n) is 2.88. The average molecular weight is 264 g/mol. The molecule has 0 aliphatic rings. The summed E-state index contributed by atoms with van der Waals surface area (Å²) in [6.07, 6.45) is -4.62. The maximum absolute atomic E-state index is 12.3.